The molecule has 1 aliphatic heterocycles. The normalized spacial score (nSPS) is 13.9. The van der Waals surface area contributed by atoms with Gasteiger partial charge in [0.25, 0.3) is 0 Å². The molecule has 3 aromatic rings. The topological polar surface area (TPSA) is 80.1 Å². The van der Waals surface area contributed by atoms with Crippen molar-refractivity contribution in [3.63, 3.8) is 0 Å². The molecule has 0 amide bonds. The van der Waals surface area contributed by atoms with Crippen molar-refractivity contribution in [2.75, 3.05) is 38.4 Å². The minimum Gasteiger partial charge on any atom is -0.496 e. The maximum absolute atomic E-state index is 5.59. The number of methoxy groups -OCH3 is 1. The van der Waals surface area contributed by atoms with Gasteiger partial charge in [-0.1, -0.05) is 0 Å². The molecular weight excluding hydrogens is 354 g/mol. The minimum absolute atomic E-state index is 0.547. The lowest BCUT2D eigenvalue weighted by Gasteiger charge is -2.22. The quantitative estimate of drug-likeness (QED) is 0.705. The number of rotatable bonds is 5. The summed E-state index contributed by atoms with van der Waals surface area (Å²) in [5, 5.41) is 6.34. The Hall–Kier alpha value is -3.13. The Morgan fingerprint density at radius 2 is 1.96 bits per heavy atom. The van der Waals surface area contributed by atoms with E-state index in [1.54, 1.807) is 7.11 Å². The largest absolute Gasteiger partial charge is 0.496 e. The zero-order valence-corrected chi connectivity index (χ0v) is 16.7. The predicted octanol–water partition coefficient (Wildman–Crippen LogP) is 2.89. The first kappa shape index (κ1) is 18.2. The van der Waals surface area contributed by atoms with E-state index in [1.807, 2.05) is 38.2 Å². The third kappa shape index (κ3) is 3.63. The van der Waals surface area contributed by atoms with Crippen molar-refractivity contribution < 1.29 is 4.74 Å². The van der Waals surface area contributed by atoms with Gasteiger partial charge in [-0.15, -0.1) is 0 Å². The van der Waals surface area contributed by atoms with Gasteiger partial charge in [0.2, 0.25) is 5.95 Å². The van der Waals surface area contributed by atoms with Crippen molar-refractivity contribution in [3.05, 3.63) is 42.0 Å². The maximum atomic E-state index is 5.59. The van der Waals surface area contributed by atoms with Gasteiger partial charge in [-0.2, -0.15) is 4.98 Å². The summed E-state index contributed by atoms with van der Waals surface area (Å²) >= 11 is 0. The third-order valence-electron chi connectivity index (χ3n) is 4.84. The zero-order chi connectivity index (χ0) is 19.7. The molecule has 1 aromatic carbocycles. The van der Waals surface area contributed by atoms with Gasteiger partial charge in [0.05, 0.1) is 19.3 Å². The van der Waals surface area contributed by atoms with E-state index in [0.717, 1.165) is 59.7 Å². The monoisotopic (exact) mass is 379 g/mol. The molecule has 8 heteroatoms. The van der Waals surface area contributed by atoms with Gasteiger partial charge in [-0.25, -0.2) is 9.97 Å². The molecule has 0 atom stereocenters. The van der Waals surface area contributed by atoms with Crippen LogP contribution in [0.15, 0.2) is 30.5 Å². The number of nitrogens with one attached hydrogen (secondary N) is 2. The van der Waals surface area contributed by atoms with E-state index in [-0.39, 0.29) is 0 Å². The van der Waals surface area contributed by atoms with Crippen molar-refractivity contribution in [1.82, 2.24) is 24.4 Å². The lowest BCUT2D eigenvalue weighted by atomic mass is 10.1. The van der Waals surface area contributed by atoms with Crippen LogP contribution in [0.2, 0.25) is 0 Å². The number of benzene rings is 1. The van der Waals surface area contributed by atoms with Crippen LogP contribution in [0.4, 0.5) is 17.5 Å². The fourth-order valence-electron chi connectivity index (χ4n) is 3.37. The van der Waals surface area contributed by atoms with Crippen LogP contribution in [0, 0.1) is 6.92 Å². The smallest absolute Gasteiger partial charge is 0.229 e. The summed E-state index contributed by atoms with van der Waals surface area (Å²) in [6, 6.07) is 7.83. The van der Waals surface area contributed by atoms with Crippen LogP contribution in [0.25, 0.3) is 11.3 Å². The predicted molar refractivity (Wildman–Crippen MR) is 110 cm³/mol. The first-order valence-corrected chi connectivity index (χ1v) is 9.29. The summed E-state index contributed by atoms with van der Waals surface area (Å²) in [6.07, 6.45) is 2.10. The van der Waals surface area contributed by atoms with Gasteiger partial charge in [0.15, 0.2) is 0 Å². The molecule has 0 bridgehead atoms. The highest BCUT2D eigenvalue weighted by Crippen LogP contribution is 2.33. The number of fused-ring (bicyclic) bond motifs is 1. The second-order valence-electron chi connectivity index (χ2n) is 6.98. The molecule has 3 heterocycles. The molecule has 2 N–H and O–H groups in total. The van der Waals surface area contributed by atoms with E-state index < -0.39 is 0 Å². The molecule has 0 radical (unpaired) electrons. The standard InChI is InChI=1S/C20H25N7O/c1-13-9-18(21-2)25-20(22-13)23-14-5-6-17(28-4)15(10-14)16-11-27-8-7-26(3)12-19(27)24-16/h5-6,9-11H,7-8,12H2,1-4H3,(H2,21,22,23,25). The third-order valence-corrected chi connectivity index (χ3v) is 4.84. The molecule has 0 unspecified atom stereocenters. The Morgan fingerprint density at radius 3 is 2.75 bits per heavy atom. The number of nitrogens with zero attached hydrogens (tertiary/aromatic N) is 5. The first-order valence-electron chi connectivity index (χ1n) is 9.29. The molecule has 1 aliphatic rings. The second-order valence-corrected chi connectivity index (χ2v) is 6.98. The van der Waals surface area contributed by atoms with E-state index in [0.29, 0.717) is 5.95 Å². The number of likely N-dealkylation sites (N-methyl/N-ethyl adjacent to an activating group) is 1. The number of aromatic nitrogens is 4. The SMILES string of the molecule is CNc1cc(C)nc(Nc2ccc(OC)c(-c3cn4c(n3)CN(C)CC4)c2)n1. The Morgan fingerprint density at radius 1 is 1.11 bits per heavy atom. The molecule has 28 heavy (non-hydrogen) atoms. The molecule has 4 rings (SSSR count). The van der Waals surface area contributed by atoms with E-state index in [4.69, 9.17) is 9.72 Å². The molecule has 0 saturated heterocycles. The van der Waals surface area contributed by atoms with E-state index >= 15 is 0 Å². The molecule has 8 nitrogen and oxygen atoms in total. The number of aryl methyl sites for hydroxylation is 1. The Bertz CT molecular complexity index is 998. The van der Waals surface area contributed by atoms with Crippen molar-refractivity contribution in [3.8, 4) is 17.0 Å². The van der Waals surface area contributed by atoms with Gasteiger partial charge >= 0.3 is 0 Å². The maximum Gasteiger partial charge on any atom is 0.229 e. The summed E-state index contributed by atoms with van der Waals surface area (Å²) in [7, 11) is 5.64. The second kappa shape index (κ2) is 7.47. The molecular formula is C20H25N7O. The fourth-order valence-corrected chi connectivity index (χ4v) is 3.37. The van der Waals surface area contributed by atoms with E-state index in [1.165, 1.54) is 0 Å². The number of ether oxygens (including phenoxy) is 1. The zero-order valence-electron chi connectivity index (χ0n) is 16.7. The van der Waals surface area contributed by atoms with Gasteiger partial charge in [-0.05, 0) is 32.2 Å². The Kier molecular flexibility index (Phi) is 4.87. The van der Waals surface area contributed by atoms with Crippen LogP contribution in [-0.4, -0.2) is 52.2 Å². The number of hydrogen-bond donors (Lipinski definition) is 2. The molecule has 0 aliphatic carbocycles. The highest BCUT2D eigenvalue weighted by atomic mass is 16.5. The summed E-state index contributed by atoms with van der Waals surface area (Å²) < 4.78 is 7.81. The van der Waals surface area contributed by atoms with Crippen LogP contribution in [0.1, 0.15) is 11.5 Å². The summed E-state index contributed by atoms with van der Waals surface area (Å²) in [4.78, 5) is 16.0. The minimum atomic E-state index is 0.547. The molecule has 2 aromatic heterocycles. The highest BCUT2D eigenvalue weighted by molar-refractivity contribution is 5.73. The average molecular weight is 379 g/mol. The van der Waals surface area contributed by atoms with Crippen LogP contribution in [0.5, 0.6) is 5.75 Å². The van der Waals surface area contributed by atoms with Gasteiger partial charge in [-0.3, -0.25) is 4.90 Å². The number of anilines is 3. The van der Waals surface area contributed by atoms with Gasteiger partial charge < -0.3 is 19.9 Å². The van der Waals surface area contributed by atoms with Gasteiger partial charge in [0, 0.05) is 49.3 Å². The lowest BCUT2D eigenvalue weighted by Crippen LogP contribution is -2.30. The van der Waals surface area contributed by atoms with E-state index in [2.05, 4.69) is 43.3 Å². The summed E-state index contributed by atoms with van der Waals surface area (Å²) in [5.74, 6) is 3.18. The highest BCUT2D eigenvalue weighted by Gasteiger charge is 2.18. The molecule has 0 saturated carbocycles. The van der Waals surface area contributed by atoms with Crippen LogP contribution < -0.4 is 15.4 Å². The number of imidazole rings is 1. The van der Waals surface area contributed by atoms with Gasteiger partial charge in [0.1, 0.15) is 17.4 Å². The molecule has 146 valence electrons. The van der Waals surface area contributed by atoms with E-state index in [9.17, 15) is 0 Å². The molecule has 0 fully saturated rings. The van der Waals surface area contributed by atoms with Crippen molar-refractivity contribution in [2.24, 2.45) is 0 Å². The van der Waals surface area contributed by atoms with Crippen LogP contribution in [-0.2, 0) is 13.1 Å². The van der Waals surface area contributed by atoms with Crippen LogP contribution in [0.3, 0.4) is 0 Å². The van der Waals surface area contributed by atoms with Crippen molar-refractivity contribution >= 4 is 17.5 Å². The van der Waals surface area contributed by atoms with Crippen molar-refractivity contribution in [1.29, 1.82) is 0 Å². The van der Waals surface area contributed by atoms with Crippen molar-refractivity contribution in [2.45, 2.75) is 20.0 Å². The molecule has 0 spiro atoms. The Labute approximate surface area is 164 Å². The first-order chi connectivity index (χ1) is 13.6. The summed E-state index contributed by atoms with van der Waals surface area (Å²) in [5.41, 5.74) is 3.62. The fraction of sp³-hybridized carbons (Fsp3) is 0.350. The lowest BCUT2D eigenvalue weighted by molar-refractivity contribution is 0.264. The summed E-state index contributed by atoms with van der Waals surface area (Å²) in [6.45, 7) is 4.77. The van der Waals surface area contributed by atoms with Crippen LogP contribution >= 0.6 is 0 Å². The average Bonchev–Trinajstić information content (AvgIpc) is 3.10. The number of hydrogen-bond acceptors (Lipinski definition) is 7. The Balaban J connectivity index is 1.68.